The Labute approximate surface area is 60.9 Å². The van der Waals surface area contributed by atoms with E-state index in [-0.39, 0.29) is 0 Å². The van der Waals surface area contributed by atoms with Gasteiger partial charge in [0.15, 0.2) is 0 Å². The second-order valence-electron chi connectivity index (χ2n) is 1.93. The molecule has 0 amide bonds. The van der Waals surface area contributed by atoms with Crippen LogP contribution in [-0.2, 0) is 6.42 Å². The van der Waals surface area contributed by atoms with Crippen LogP contribution >= 0.6 is 0 Å². The van der Waals surface area contributed by atoms with E-state index in [0.717, 1.165) is 5.56 Å². The van der Waals surface area contributed by atoms with Crippen LogP contribution in [0.5, 0.6) is 0 Å². The first-order valence-corrected chi connectivity index (χ1v) is 2.90. The van der Waals surface area contributed by atoms with Gasteiger partial charge in [-0.05, 0) is 11.2 Å². The first-order chi connectivity index (χ1) is 4.83. The van der Waals surface area contributed by atoms with E-state index in [4.69, 9.17) is 13.1 Å². The maximum atomic E-state index is 8.28. The average Bonchev–Trinajstić information content (AvgIpc) is 1.95. The summed E-state index contributed by atoms with van der Waals surface area (Å²) in [7, 11) is 5.33. The standard InChI is InChI=1S/C7H5BN2/c8-7-2-1-6(3-4-9)5-10-7/h1-2,5H,3H2. The van der Waals surface area contributed by atoms with Crippen molar-refractivity contribution >= 4 is 13.4 Å². The lowest BCUT2D eigenvalue weighted by molar-refractivity contribution is 1.21. The highest BCUT2D eigenvalue weighted by Gasteiger charge is 1.89. The molecule has 0 aliphatic rings. The molecule has 0 aromatic carbocycles. The molecule has 0 saturated carbocycles. The first kappa shape index (κ1) is 6.82. The van der Waals surface area contributed by atoms with Crippen LogP contribution in [0.4, 0.5) is 0 Å². The summed E-state index contributed by atoms with van der Waals surface area (Å²) in [6, 6.07) is 5.51. The van der Waals surface area contributed by atoms with E-state index in [1.54, 1.807) is 18.3 Å². The lowest BCUT2D eigenvalue weighted by Crippen LogP contribution is -2.06. The molecule has 0 fully saturated rings. The van der Waals surface area contributed by atoms with Crippen LogP contribution in [0.3, 0.4) is 0 Å². The topological polar surface area (TPSA) is 36.7 Å². The molecule has 1 heterocycles. The zero-order valence-corrected chi connectivity index (χ0v) is 5.41. The van der Waals surface area contributed by atoms with Crippen molar-refractivity contribution in [1.29, 1.82) is 5.26 Å². The maximum Gasteiger partial charge on any atom is 0.141 e. The van der Waals surface area contributed by atoms with Crippen LogP contribution < -0.4 is 5.59 Å². The number of rotatable bonds is 1. The summed E-state index contributed by atoms with van der Waals surface area (Å²) in [6.45, 7) is 0. The number of aromatic nitrogens is 1. The zero-order valence-electron chi connectivity index (χ0n) is 5.41. The third-order valence-electron chi connectivity index (χ3n) is 1.13. The van der Waals surface area contributed by atoms with E-state index >= 15 is 0 Å². The second-order valence-corrected chi connectivity index (χ2v) is 1.93. The van der Waals surface area contributed by atoms with Gasteiger partial charge in [0.2, 0.25) is 0 Å². The Hall–Kier alpha value is -1.30. The Morgan fingerprint density at radius 3 is 2.90 bits per heavy atom. The SMILES string of the molecule is [B]c1ccc(CC#N)cn1. The van der Waals surface area contributed by atoms with Gasteiger partial charge in [-0.1, -0.05) is 12.1 Å². The monoisotopic (exact) mass is 128 g/mol. The van der Waals surface area contributed by atoms with E-state index in [2.05, 4.69) is 4.98 Å². The van der Waals surface area contributed by atoms with Crippen molar-refractivity contribution in [2.45, 2.75) is 6.42 Å². The first-order valence-electron chi connectivity index (χ1n) is 2.90. The molecule has 2 radical (unpaired) electrons. The maximum absolute atomic E-state index is 8.28. The van der Waals surface area contributed by atoms with E-state index in [0.29, 0.717) is 12.0 Å². The highest BCUT2D eigenvalue weighted by atomic mass is 14.6. The van der Waals surface area contributed by atoms with Crippen molar-refractivity contribution in [2.75, 3.05) is 0 Å². The summed E-state index contributed by atoms with van der Waals surface area (Å²) >= 11 is 0. The Kier molecular flexibility index (Phi) is 2.06. The smallest absolute Gasteiger partial charge is 0.141 e. The molecule has 1 rings (SSSR count). The highest BCUT2D eigenvalue weighted by Crippen LogP contribution is 1.92. The average molecular weight is 128 g/mol. The van der Waals surface area contributed by atoms with Crippen LogP contribution in [0.2, 0.25) is 0 Å². The Morgan fingerprint density at radius 1 is 1.60 bits per heavy atom. The molecule has 1 aromatic heterocycles. The molecular weight excluding hydrogens is 123 g/mol. The molecule has 46 valence electrons. The predicted octanol–water partition coefficient (Wildman–Crippen LogP) is -0.0585. The number of hydrogen-bond acceptors (Lipinski definition) is 2. The summed E-state index contributed by atoms with van der Waals surface area (Å²) in [5.41, 5.74) is 1.39. The molecule has 0 bridgehead atoms. The Bertz CT molecular complexity index is 247. The minimum Gasteiger partial charge on any atom is -0.273 e. The third kappa shape index (κ3) is 1.59. The summed E-state index contributed by atoms with van der Waals surface area (Å²) in [5, 5.41) is 8.28. The normalized spacial score (nSPS) is 8.70. The van der Waals surface area contributed by atoms with Gasteiger partial charge in [-0.2, -0.15) is 5.26 Å². The molecule has 0 aliphatic carbocycles. The molecule has 0 N–H and O–H groups in total. The number of nitriles is 1. The molecule has 0 spiro atoms. The van der Waals surface area contributed by atoms with E-state index in [1.807, 2.05) is 6.07 Å². The fourth-order valence-electron chi connectivity index (χ4n) is 0.632. The zero-order chi connectivity index (χ0) is 7.40. The molecule has 10 heavy (non-hydrogen) atoms. The number of nitrogens with zero attached hydrogens (tertiary/aromatic N) is 2. The van der Waals surface area contributed by atoms with Gasteiger partial charge < -0.3 is 0 Å². The molecule has 0 unspecified atom stereocenters. The second kappa shape index (κ2) is 3.02. The molecule has 0 saturated heterocycles. The molecule has 0 atom stereocenters. The van der Waals surface area contributed by atoms with Crippen molar-refractivity contribution in [2.24, 2.45) is 0 Å². The van der Waals surface area contributed by atoms with Gasteiger partial charge in [-0.3, -0.25) is 4.98 Å². The van der Waals surface area contributed by atoms with Crippen molar-refractivity contribution in [3.05, 3.63) is 23.9 Å². The van der Waals surface area contributed by atoms with Gasteiger partial charge in [0.25, 0.3) is 0 Å². The van der Waals surface area contributed by atoms with Gasteiger partial charge in [-0.25, -0.2) is 0 Å². The summed E-state index contributed by atoms with van der Waals surface area (Å²) in [4.78, 5) is 3.82. The van der Waals surface area contributed by atoms with Crippen molar-refractivity contribution < 1.29 is 0 Å². The van der Waals surface area contributed by atoms with E-state index in [9.17, 15) is 0 Å². The van der Waals surface area contributed by atoms with Crippen LogP contribution in [0.1, 0.15) is 5.56 Å². The highest BCUT2D eigenvalue weighted by molar-refractivity contribution is 6.30. The Balaban J connectivity index is 2.81. The minimum absolute atomic E-state index is 0.396. The molecule has 2 nitrogen and oxygen atoms in total. The van der Waals surface area contributed by atoms with E-state index < -0.39 is 0 Å². The fraction of sp³-hybridized carbons (Fsp3) is 0.143. The summed E-state index contributed by atoms with van der Waals surface area (Å²) in [6.07, 6.45) is 2.01. The molecular formula is C7H5BN2. The van der Waals surface area contributed by atoms with Gasteiger partial charge in [-0.15, -0.1) is 0 Å². The van der Waals surface area contributed by atoms with Crippen LogP contribution in [0.25, 0.3) is 0 Å². The summed E-state index contributed by atoms with van der Waals surface area (Å²) < 4.78 is 0. The van der Waals surface area contributed by atoms with Crippen molar-refractivity contribution in [3.63, 3.8) is 0 Å². The number of pyridine rings is 1. The number of hydrogen-bond donors (Lipinski definition) is 0. The van der Waals surface area contributed by atoms with E-state index in [1.165, 1.54) is 0 Å². The van der Waals surface area contributed by atoms with Crippen molar-refractivity contribution in [1.82, 2.24) is 4.98 Å². The van der Waals surface area contributed by atoms with Crippen LogP contribution in [0, 0.1) is 11.3 Å². The third-order valence-corrected chi connectivity index (χ3v) is 1.13. The summed E-state index contributed by atoms with van der Waals surface area (Å²) in [5.74, 6) is 0. The fourth-order valence-corrected chi connectivity index (χ4v) is 0.632. The largest absolute Gasteiger partial charge is 0.273 e. The minimum atomic E-state index is 0.396. The lowest BCUT2D eigenvalue weighted by Gasteiger charge is -1.92. The van der Waals surface area contributed by atoms with Gasteiger partial charge >= 0.3 is 0 Å². The lowest BCUT2D eigenvalue weighted by atomic mass is 10.0. The van der Waals surface area contributed by atoms with Crippen LogP contribution in [-0.4, -0.2) is 12.8 Å². The predicted molar refractivity (Wildman–Crippen MR) is 38.9 cm³/mol. The molecule has 0 aliphatic heterocycles. The Morgan fingerprint density at radius 2 is 2.40 bits per heavy atom. The van der Waals surface area contributed by atoms with Gasteiger partial charge in [0, 0.05) is 6.20 Å². The van der Waals surface area contributed by atoms with Gasteiger partial charge in [0.1, 0.15) is 7.85 Å². The quantitative estimate of drug-likeness (QED) is 0.496. The van der Waals surface area contributed by atoms with Crippen molar-refractivity contribution in [3.8, 4) is 6.07 Å². The van der Waals surface area contributed by atoms with Crippen LogP contribution in [0.15, 0.2) is 18.3 Å². The molecule has 3 heteroatoms. The van der Waals surface area contributed by atoms with Gasteiger partial charge in [0.05, 0.1) is 12.5 Å². The molecule has 1 aromatic rings.